The summed E-state index contributed by atoms with van der Waals surface area (Å²) in [5, 5.41) is 8.26. The zero-order chi connectivity index (χ0) is 24.0. The van der Waals surface area contributed by atoms with E-state index >= 15 is 0 Å². The van der Waals surface area contributed by atoms with E-state index < -0.39 is 6.04 Å². The number of benzene rings is 2. The van der Waals surface area contributed by atoms with Gasteiger partial charge in [0.2, 0.25) is 5.95 Å². The monoisotopic (exact) mass is 460 g/mol. The minimum atomic E-state index is -0.487. The van der Waals surface area contributed by atoms with Crippen molar-refractivity contribution in [3.63, 3.8) is 0 Å². The SMILES string of the molecule is COc1ccc(-c2nc3n(n2)C(c2cccc(OC)c2OC)C2=C(CC(C)(C)CC2=O)N3)cc1. The number of nitrogens with one attached hydrogen (secondary N) is 1. The molecule has 8 nitrogen and oxygen atoms in total. The van der Waals surface area contributed by atoms with Crippen LogP contribution in [0.5, 0.6) is 17.2 Å². The third-order valence-corrected chi connectivity index (χ3v) is 6.41. The molecule has 1 aromatic heterocycles. The van der Waals surface area contributed by atoms with Crippen LogP contribution in [0, 0.1) is 5.41 Å². The Kier molecular flexibility index (Phi) is 5.31. The van der Waals surface area contributed by atoms with Crippen molar-refractivity contribution >= 4 is 11.7 Å². The molecule has 5 rings (SSSR count). The lowest BCUT2D eigenvalue weighted by molar-refractivity contribution is -0.118. The molecule has 0 fully saturated rings. The first-order valence-corrected chi connectivity index (χ1v) is 11.2. The quantitative estimate of drug-likeness (QED) is 0.594. The molecule has 0 bridgehead atoms. The van der Waals surface area contributed by atoms with Crippen molar-refractivity contribution in [1.82, 2.24) is 14.8 Å². The first kappa shape index (κ1) is 22.0. The fraction of sp³-hybridized carbons (Fsp3) is 0.346. The molecule has 176 valence electrons. The van der Waals surface area contributed by atoms with Crippen molar-refractivity contribution < 1.29 is 19.0 Å². The summed E-state index contributed by atoms with van der Waals surface area (Å²) in [5.74, 6) is 3.18. The topological polar surface area (TPSA) is 87.5 Å². The zero-order valence-electron chi connectivity index (χ0n) is 20.0. The molecule has 1 N–H and O–H groups in total. The average Bonchev–Trinajstić information content (AvgIpc) is 3.25. The number of ketones is 1. The van der Waals surface area contributed by atoms with Crippen molar-refractivity contribution in [2.45, 2.75) is 32.7 Å². The standard InChI is InChI=1S/C26H28N4O4/c1-26(2)13-18-21(19(31)14-26)22(17-7-6-8-20(33-4)23(17)34-5)30-25(27-18)28-24(29-30)15-9-11-16(32-3)12-10-15/h6-12,22H,13-14H2,1-5H3,(H,27,28,29). The van der Waals surface area contributed by atoms with E-state index in [1.54, 1.807) is 26.0 Å². The van der Waals surface area contributed by atoms with Crippen molar-refractivity contribution in [3.05, 3.63) is 59.3 Å². The molecule has 2 aliphatic rings. The second kappa shape index (κ2) is 8.20. The highest BCUT2D eigenvalue weighted by Gasteiger charge is 2.43. The van der Waals surface area contributed by atoms with E-state index in [0.29, 0.717) is 35.3 Å². The van der Waals surface area contributed by atoms with Crippen molar-refractivity contribution in [3.8, 4) is 28.6 Å². The van der Waals surface area contributed by atoms with Crippen LogP contribution in [0.25, 0.3) is 11.4 Å². The van der Waals surface area contributed by atoms with E-state index in [9.17, 15) is 4.79 Å². The van der Waals surface area contributed by atoms with E-state index in [0.717, 1.165) is 29.0 Å². The summed E-state index contributed by atoms with van der Waals surface area (Å²) in [6.45, 7) is 4.22. The average molecular weight is 461 g/mol. The number of methoxy groups -OCH3 is 3. The molecule has 8 heteroatoms. The Morgan fingerprint density at radius 2 is 1.76 bits per heavy atom. The number of Topliss-reactive ketones (excluding diaryl/α,β-unsaturated/α-hetero) is 1. The number of carbonyl (C=O) groups excluding carboxylic acids is 1. The van der Waals surface area contributed by atoms with Crippen molar-refractivity contribution in [2.75, 3.05) is 26.6 Å². The van der Waals surface area contributed by atoms with Gasteiger partial charge in [-0.1, -0.05) is 26.0 Å². The van der Waals surface area contributed by atoms with Gasteiger partial charge in [0, 0.05) is 28.8 Å². The maximum absolute atomic E-state index is 13.5. The number of nitrogens with zero attached hydrogens (tertiary/aromatic N) is 3. The van der Waals surface area contributed by atoms with Gasteiger partial charge in [-0.15, -0.1) is 5.10 Å². The van der Waals surface area contributed by atoms with Crippen LogP contribution < -0.4 is 19.5 Å². The van der Waals surface area contributed by atoms with Gasteiger partial charge in [0.05, 0.1) is 21.3 Å². The largest absolute Gasteiger partial charge is 0.497 e. The summed E-state index contributed by atoms with van der Waals surface area (Å²) in [4.78, 5) is 18.3. The van der Waals surface area contributed by atoms with E-state index in [-0.39, 0.29) is 11.2 Å². The number of fused-ring (bicyclic) bond motifs is 1. The van der Waals surface area contributed by atoms with E-state index in [2.05, 4.69) is 19.2 Å². The fourth-order valence-corrected chi connectivity index (χ4v) is 4.89. The molecule has 1 atom stereocenters. The van der Waals surface area contributed by atoms with Crippen LogP contribution in [0.2, 0.25) is 0 Å². The first-order valence-electron chi connectivity index (χ1n) is 11.2. The Morgan fingerprint density at radius 1 is 1.00 bits per heavy atom. The van der Waals surface area contributed by atoms with Crippen LogP contribution in [0.15, 0.2) is 53.7 Å². The lowest BCUT2D eigenvalue weighted by atomic mass is 9.73. The summed E-state index contributed by atoms with van der Waals surface area (Å²) in [6, 6.07) is 12.8. The Balaban J connectivity index is 1.70. The third kappa shape index (κ3) is 3.59. The molecule has 2 heterocycles. The van der Waals surface area contributed by atoms with Gasteiger partial charge in [-0.25, -0.2) is 4.68 Å². The molecule has 3 aromatic rings. The highest BCUT2D eigenvalue weighted by molar-refractivity contribution is 6.00. The van der Waals surface area contributed by atoms with Gasteiger partial charge in [-0.05, 0) is 42.2 Å². The summed E-state index contributed by atoms with van der Waals surface area (Å²) < 4.78 is 18.4. The molecular formula is C26H28N4O4. The highest BCUT2D eigenvalue weighted by Crippen LogP contribution is 2.48. The molecule has 1 aliphatic carbocycles. The van der Waals surface area contributed by atoms with Gasteiger partial charge in [-0.2, -0.15) is 4.98 Å². The smallest absolute Gasteiger partial charge is 0.226 e. The Hall–Kier alpha value is -3.81. The van der Waals surface area contributed by atoms with E-state index in [1.807, 2.05) is 42.5 Å². The number of aromatic nitrogens is 3. The number of ether oxygens (including phenoxy) is 3. The summed E-state index contributed by atoms with van der Waals surface area (Å²) in [7, 11) is 4.84. The molecule has 0 spiro atoms. The lowest BCUT2D eigenvalue weighted by Gasteiger charge is -2.38. The third-order valence-electron chi connectivity index (χ3n) is 6.41. The van der Waals surface area contributed by atoms with Crippen LogP contribution >= 0.6 is 0 Å². The number of carbonyl (C=O) groups is 1. The van der Waals surface area contributed by atoms with Crippen LogP contribution in [-0.2, 0) is 4.79 Å². The Morgan fingerprint density at radius 3 is 2.44 bits per heavy atom. The molecule has 0 radical (unpaired) electrons. The van der Waals surface area contributed by atoms with Gasteiger partial charge in [0.15, 0.2) is 23.1 Å². The van der Waals surface area contributed by atoms with Gasteiger partial charge in [0.25, 0.3) is 0 Å². The normalized spacial score (nSPS) is 18.6. The molecule has 1 aliphatic heterocycles. The highest BCUT2D eigenvalue weighted by atomic mass is 16.5. The van der Waals surface area contributed by atoms with Gasteiger partial charge < -0.3 is 19.5 Å². The number of rotatable bonds is 5. The predicted molar refractivity (Wildman–Crippen MR) is 128 cm³/mol. The van der Waals surface area contributed by atoms with Crippen molar-refractivity contribution in [2.24, 2.45) is 5.41 Å². The fourth-order valence-electron chi connectivity index (χ4n) is 4.89. The van der Waals surface area contributed by atoms with Gasteiger partial charge in [0.1, 0.15) is 11.8 Å². The summed E-state index contributed by atoms with van der Waals surface area (Å²) in [5.41, 5.74) is 3.09. The molecule has 1 unspecified atom stereocenters. The van der Waals surface area contributed by atoms with E-state index in [4.69, 9.17) is 24.3 Å². The number of anilines is 1. The second-order valence-electron chi connectivity index (χ2n) is 9.38. The Bertz CT molecular complexity index is 1290. The Labute approximate surface area is 198 Å². The van der Waals surface area contributed by atoms with Gasteiger partial charge >= 0.3 is 0 Å². The summed E-state index contributed by atoms with van der Waals surface area (Å²) >= 11 is 0. The molecule has 34 heavy (non-hydrogen) atoms. The molecule has 0 saturated heterocycles. The number of hydrogen-bond donors (Lipinski definition) is 1. The van der Waals surface area contributed by atoms with Gasteiger partial charge in [-0.3, -0.25) is 4.79 Å². The van der Waals surface area contributed by atoms with Crippen LogP contribution in [0.1, 0.15) is 38.3 Å². The molecular weight excluding hydrogens is 432 g/mol. The van der Waals surface area contributed by atoms with Crippen LogP contribution in [-0.4, -0.2) is 41.9 Å². The molecule has 0 saturated carbocycles. The van der Waals surface area contributed by atoms with E-state index in [1.165, 1.54) is 0 Å². The summed E-state index contributed by atoms with van der Waals surface area (Å²) in [6.07, 6.45) is 1.20. The molecule has 2 aromatic carbocycles. The zero-order valence-corrected chi connectivity index (χ0v) is 20.0. The minimum absolute atomic E-state index is 0.0979. The maximum atomic E-state index is 13.5. The minimum Gasteiger partial charge on any atom is -0.497 e. The second-order valence-corrected chi connectivity index (χ2v) is 9.38. The number of hydrogen-bond acceptors (Lipinski definition) is 7. The number of allylic oxidation sites excluding steroid dienone is 2. The molecule has 0 amide bonds. The van der Waals surface area contributed by atoms with Crippen molar-refractivity contribution in [1.29, 1.82) is 0 Å². The van der Waals surface area contributed by atoms with Crippen LogP contribution in [0.3, 0.4) is 0 Å². The maximum Gasteiger partial charge on any atom is 0.226 e. The number of para-hydroxylation sites is 1. The lowest BCUT2D eigenvalue weighted by Crippen LogP contribution is -2.36. The predicted octanol–water partition coefficient (Wildman–Crippen LogP) is 4.63. The first-order chi connectivity index (χ1) is 16.3. The van der Waals surface area contributed by atoms with Crippen LogP contribution in [0.4, 0.5) is 5.95 Å².